The normalized spacial score (nSPS) is 24.8. The Morgan fingerprint density at radius 1 is 0.923 bits per heavy atom. The maximum Gasteiger partial charge on any atom is 0.340 e. The van der Waals surface area contributed by atoms with Gasteiger partial charge in [-0.05, 0) is 30.7 Å². The highest BCUT2D eigenvalue weighted by Gasteiger charge is 2.49. The highest BCUT2D eigenvalue weighted by atomic mass is 19.1. The zero-order chi connectivity index (χ0) is 18.5. The molecule has 26 heavy (non-hydrogen) atoms. The molecule has 1 fully saturated rings. The molecule has 0 aliphatic carbocycles. The molecule has 0 N–H and O–H groups in total. The fourth-order valence-corrected chi connectivity index (χ4v) is 2.76. The van der Waals surface area contributed by atoms with E-state index in [0.29, 0.717) is 17.5 Å². The van der Waals surface area contributed by atoms with Gasteiger partial charge in [-0.15, -0.1) is 0 Å². The monoisotopic (exact) mass is 358 g/mol. The van der Waals surface area contributed by atoms with Crippen molar-refractivity contribution in [3.63, 3.8) is 0 Å². The lowest BCUT2D eigenvalue weighted by Crippen LogP contribution is -2.35. The van der Waals surface area contributed by atoms with E-state index < -0.39 is 36.6 Å². The van der Waals surface area contributed by atoms with E-state index in [1.54, 1.807) is 67.6 Å². The average molecular weight is 358 g/mol. The Labute approximate surface area is 150 Å². The van der Waals surface area contributed by atoms with Gasteiger partial charge in [0.2, 0.25) is 12.5 Å². The number of halogens is 1. The average Bonchev–Trinajstić information content (AvgIpc) is 2.98. The molecule has 1 heterocycles. The van der Waals surface area contributed by atoms with Gasteiger partial charge in [-0.3, -0.25) is 0 Å². The minimum atomic E-state index is -1.76. The summed E-state index contributed by atoms with van der Waals surface area (Å²) < 4.78 is 30.7. The molecule has 3 rings (SSSR count). The van der Waals surface area contributed by atoms with Crippen molar-refractivity contribution < 1.29 is 28.2 Å². The second-order valence-corrected chi connectivity index (χ2v) is 5.90. The zero-order valence-electron chi connectivity index (χ0n) is 14.2. The van der Waals surface area contributed by atoms with Gasteiger partial charge in [0.25, 0.3) is 0 Å². The third-order valence-electron chi connectivity index (χ3n) is 4.14. The number of hydrogen-bond donors (Lipinski definition) is 0. The van der Waals surface area contributed by atoms with Crippen molar-refractivity contribution in [2.45, 2.75) is 38.0 Å². The summed E-state index contributed by atoms with van der Waals surface area (Å²) in [5.41, 5.74) is 0.611. The summed E-state index contributed by atoms with van der Waals surface area (Å²) in [6.07, 6.45) is -4.60. The van der Waals surface area contributed by atoms with E-state index in [9.17, 15) is 14.0 Å². The van der Waals surface area contributed by atoms with E-state index in [0.717, 1.165) is 0 Å². The van der Waals surface area contributed by atoms with Crippen LogP contribution in [0, 0.1) is 0 Å². The first-order chi connectivity index (χ1) is 12.6. The summed E-state index contributed by atoms with van der Waals surface area (Å²) >= 11 is 0. The molecule has 2 aromatic carbocycles. The maximum absolute atomic E-state index is 14.8. The summed E-state index contributed by atoms with van der Waals surface area (Å²) in [6, 6.07) is 16.6. The van der Waals surface area contributed by atoms with Crippen LogP contribution in [0.15, 0.2) is 60.7 Å². The van der Waals surface area contributed by atoms with Crippen molar-refractivity contribution in [2.24, 2.45) is 0 Å². The molecule has 1 aliphatic heterocycles. The van der Waals surface area contributed by atoms with E-state index in [4.69, 9.17) is 14.2 Å². The van der Waals surface area contributed by atoms with Gasteiger partial charge in [0.1, 0.15) is 6.10 Å². The second-order valence-electron chi connectivity index (χ2n) is 5.90. The molecule has 5 nitrogen and oxygen atoms in total. The molecule has 0 aromatic heterocycles. The van der Waals surface area contributed by atoms with Crippen LogP contribution in [0.4, 0.5) is 4.39 Å². The Morgan fingerprint density at radius 3 is 1.92 bits per heavy atom. The van der Waals surface area contributed by atoms with E-state index in [1.807, 2.05) is 0 Å². The lowest BCUT2D eigenvalue weighted by atomic mass is 10.1. The third kappa shape index (κ3) is 3.91. The largest absolute Gasteiger partial charge is 0.453 e. The number of rotatable bonds is 5. The Morgan fingerprint density at radius 2 is 1.42 bits per heavy atom. The summed E-state index contributed by atoms with van der Waals surface area (Å²) in [7, 11) is 0. The highest BCUT2D eigenvalue weighted by molar-refractivity contribution is 5.90. The minimum absolute atomic E-state index is 0.293. The molecule has 0 spiro atoms. The van der Waals surface area contributed by atoms with Gasteiger partial charge in [-0.2, -0.15) is 0 Å². The van der Waals surface area contributed by atoms with Gasteiger partial charge >= 0.3 is 11.9 Å². The van der Waals surface area contributed by atoms with Crippen molar-refractivity contribution in [3.05, 3.63) is 71.8 Å². The van der Waals surface area contributed by atoms with Gasteiger partial charge in [0.05, 0.1) is 11.1 Å². The summed E-state index contributed by atoms with van der Waals surface area (Å²) in [6.45, 7) is 1.78. The lowest BCUT2D eigenvalue weighted by Gasteiger charge is -2.18. The zero-order valence-corrected chi connectivity index (χ0v) is 14.2. The van der Waals surface area contributed by atoms with Crippen LogP contribution in [0.5, 0.6) is 0 Å². The lowest BCUT2D eigenvalue weighted by molar-refractivity contribution is -0.121. The molecule has 1 aliphatic rings. The SMILES string of the molecule is CC[C@H]1O[C@@H](OC(=O)c2ccccc2)C(F)[C@H]1OC(=O)c1ccccc1. The molecule has 6 heteroatoms. The van der Waals surface area contributed by atoms with E-state index >= 15 is 0 Å². The first kappa shape index (κ1) is 18.1. The highest BCUT2D eigenvalue weighted by Crippen LogP contribution is 2.30. The molecule has 2 aromatic rings. The molecule has 0 radical (unpaired) electrons. The Bertz CT molecular complexity index is 749. The number of benzene rings is 2. The predicted molar refractivity (Wildman–Crippen MR) is 91.4 cm³/mol. The van der Waals surface area contributed by atoms with Gasteiger partial charge < -0.3 is 14.2 Å². The van der Waals surface area contributed by atoms with Gasteiger partial charge in [-0.25, -0.2) is 14.0 Å². The fourth-order valence-electron chi connectivity index (χ4n) is 2.76. The van der Waals surface area contributed by atoms with Crippen LogP contribution in [0.25, 0.3) is 0 Å². The Kier molecular flexibility index (Phi) is 5.63. The number of alkyl halides is 1. The predicted octanol–water partition coefficient (Wildman–Crippen LogP) is 3.54. The Balaban J connectivity index is 1.67. The van der Waals surface area contributed by atoms with Crippen molar-refractivity contribution in [1.82, 2.24) is 0 Å². The number of carbonyl (C=O) groups is 2. The minimum Gasteiger partial charge on any atom is -0.453 e. The summed E-state index contributed by atoms with van der Waals surface area (Å²) in [5, 5.41) is 0. The molecule has 1 unspecified atom stereocenters. The molecule has 0 saturated carbocycles. The summed E-state index contributed by atoms with van der Waals surface area (Å²) in [4.78, 5) is 24.3. The van der Waals surface area contributed by atoms with Gasteiger partial charge in [0, 0.05) is 0 Å². The molecule has 136 valence electrons. The van der Waals surface area contributed by atoms with Crippen LogP contribution in [0.1, 0.15) is 34.1 Å². The molecule has 0 amide bonds. The molecule has 1 saturated heterocycles. The number of hydrogen-bond acceptors (Lipinski definition) is 5. The molecule has 4 atom stereocenters. The molecule has 0 bridgehead atoms. The topological polar surface area (TPSA) is 61.8 Å². The van der Waals surface area contributed by atoms with Crippen molar-refractivity contribution >= 4 is 11.9 Å². The van der Waals surface area contributed by atoms with E-state index in [-0.39, 0.29) is 0 Å². The van der Waals surface area contributed by atoms with Crippen LogP contribution in [0.2, 0.25) is 0 Å². The first-order valence-electron chi connectivity index (χ1n) is 8.41. The van der Waals surface area contributed by atoms with Gasteiger partial charge in [0.15, 0.2) is 6.10 Å². The molecular formula is C20H19FO5. The van der Waals surface area contributed by atoms with Crippen LogP contribution in [-0.4, -0.2) is 36.6 Å². The van der Waals surface area contributed by atoms with Crippen LogP contribution in [-0.2, 0) is 14.2 Å². The van der Waals surface area contributed by atoms with E-state index in [2.05, 4.69) is 0 Å². The maximum atomic E-state index is 14.8. The summed E-state index contributed by atoms with van der Waals surface area (Å²) in [5.74, 6) is -1.33. The second kappa shape index (κ2) is 8.10. The van der Waals surface area contributed by atoms with Crippen LogP contribution >= 0.6 is 0 Å². The fraction of sp³-hybridized carbons (Fsp3) is 0.300. The van der Waals surface area contributed by atoms with Crippen molar-refractivity contribution in [1.29, 1.82) is 0 Å². The van der Waals surface area contributed by atoms with Crippen molar-refractivity contribution in [3.8, 4) is 0 Å². The van der Waals surface area contributed by atoms with Crippen LogP contribution < -0.4 is 0 Å². The quantitative estimate of drug-likeness (QED) is 0.765. The first-order valence-corrected chi connectivity index (χ1v) is 8.41. The smallest absolute Gasteiger partial charge is 0.340 e. The van der Waals surface area contributed by atoms with Gasteiger partial charge in [-0.1, -0.05) is 43.3 Å². The number of ether oxygens (including phenoxy) is 3. The van der Waals surface area contributed by atoms with Crippen LogP contribution in [0.3, 0.4) is 0 Å². The Hall–Kier alpha value is -2.73. The number of esters is 2. The van der Waals surface area contributed by atoms with Crippen molar-refractivity contribution in [2.75, 3.05) is 0 Å². The number of carbonyl (C=O) groups excluding carboxylic acids is 2. The standard InChI is InChI=1S/C20H19FO5/c1-2-15-17(25-18(22)13-9-5-3-6-10-13)16(21)20(24-15)26-19(23)14-11-7-4-8-12-14/h3-12,15-17,20H,2H2,1H3/t15-,16?,17+,20+/m1/s1. The van der Waals surface area contributed by atoms with E-state index in [1.165, 1.54) is 0 Å². The third-order valence-corrected chi connectivity index (χ3v) is 4.14. The molecular weight excluding hydrogens is 339 g/mol.